The van der Waals surface area contributed by atoms with Gasteiger partial charge in [0.25, 0.3) is 0 Å². The molecule has 0 saturated carbocycles. The van der Waals surface area contributed by atoms with Crippen molar-refractivity contribution >= 4 is 12.0 Å². The third kappa shape index (κ3) is 6.40. The Morgan fingerprint density at radius 3 is 1.77 bits per heavy atom. The van der Waals surface area contributed by atoms with Crippen molar-refractivity contribution in [2.24, 2.45) is 0 Å². The van der Waals surface area contributed by atoms with Gasteiger partial charge >= 0.3 is 0 Å². The second-order valence-electron chi connectivity index (χ2n) is 7.49. The van der Waals surface area contributed by atoms with Gasteiger partial charge in [-0.1, -0.05) is 99.6 Å². The molecule has 0 aliphatic carbocycles. The Hall–Kier alpha value is -2.71. The van der Waals surface area contributed by atoms with E-state index in [-0.39, 0.29) is 5.41 Å². The van der Waals surface area contributed by atoms with Gasteiger partial charge in [-0.05, 0) is 36.5 Å². The third-order valence-electron chi connectivity index (χ3n) is 5.63. The van der Waals surface area contributed by atoms with Gasteiger partial charge in [-0.15, -0.1) is 0 Å². The van der Waals surface area contributed by atoms with E-state index in [1.54, 1.807) is 0 Å². The zero-order chi connectivity index (χ0) is 21.7. The molecule has 2 heteroatoms. The fourth-order valence-corrected chi connectivity index (χ4v) is 4.13. The average molecular weight is 403 g/mol. The number of carbonyl (C=O) groups excluding carboxylic acids is 1. The molecule has 3 aromatic rings. The highest BCUT2D eigenvalue weighted by atomic mass is 16.1. The predicted molar refractivity (Wildman–Crippen MR) is 127 cm³/mol. The molecular weight excluding hydrogens is 366 g/mol. The smallest absolute Gasteiger partial charge is 0.133 e. The molecule has 30 heavy (non-hydrogen) atoms. The number of hydrogen-bond donors (Lipinski definition) is 1. The number of rotatable bonds is 10. The summed E-state index contributed by atoms with van der Waals surface area (Å²) < 4.78 is 0. The molecule has 0 aliphatic heterocycles. The van der Waals surface area contributed by atoms with Gasteiger partial charge in [-0.3, -0.25) is 0 Å². The SMILES string of the molecule is CC.CCC(Cc1ccccc1)(Cc1ccccc1)c1ccccc1[NH2+]CCC=O. The molecule has 0 bridgehead atoms. The lowest BCUT2D eigenvalue weighted by molar-refractivity contribution is -0.570. The number of hydrogen-bond acceptors (Lipinski definition) is 1. The Kier molecular flexibility index (Phi) is 10.0. The minimum atomic E-state index is 0.0109. The van der Waals surface area contributed by atoms with E-state index < -0.39 is 0 Å². The van der Waals surface area contributed by atoms with Crippen LogP contribution in [0.15, 0.2) is 84.9 Å². The summed E-state index contributed by atoms with van der Waals surface area (Å²) in [4.78, 5) is 10.8. The Labute approximate surface area is 182 Å². The minimum absolute atomic E-state index is 0.0109. The van der Waals surface area contributed by atoms with Crippen molar-refractivity contribution in [1.29, 1.82) is 0 Å². The highest BCUT2D eigenvalue weighted by molar-refractivity contribution is 5.50. The molecular formula is C28H36NO+. The topological polar surface area (TPSA) is 33.7 Å². The molecule has 3 aromatic carbocycles. The molecule has 0 atom stereocenters. The van der Waals surface area contributed by atoms with Crippen LogP contribution in [-0.2, 0) is 23.1 Å². The highest BCUT2D eigenvalue weighted by Gasteiger charge is 2.34. The molecule has 0 aliphatic rings. The van der Waals surface area contributed by atoms with E-state index in [0.717, 1.165) is 32.1 Å². The van der Waals surface area contributed by atoms with Crippen molar-refractivity contribution in [3.8, 4) is 0 Å². The highest BCUT2D eigenvalue weighted by Crippen LogP contribution is 2.38. The summed E-state index contributed by atoms with van der Waals surface area (Å²) in [7, 11) is 0. The van der Waals surface area contributed by atoms with Gasteiger partial charge in [-0.25, -0.2) is 0 Å². The van der Waals surface area contributed by atoms with Crippen LogP contribution >= 0.6 is 0 Å². The van der Waals surface area contributed by atoms with Crippen LogP contribution in [0.3, 0.4) is 0 Å². The Morgan fingerprint density at radius 1 is 0.767 bits per heavy atom. The molecule has 0 fully saturated rings. The summed E-state index contributed by atoms with van der Waals surface area (Å²) in [6.07, 6.45) is 4.62. The summed E-state index contributed by atoms with van der Waals surface area (Å²) >= 11 is 0. The van der Waals surface area contributed by atoms with E-state index in [2.05, 4.69) is 97.2 Å². The number of para-hydroxylation sites is 1. The van der Waals surface area contributed by atoms with E-state index in [1.165, 1.54) is 22.4 Å². The zero-order valence-electron chi connectivity index (χ0n) is 18.7. The quantitative estimate of drug-likeness (QED) is 0.266. The Morgan fingerprint density at radius 2 is 1.27 bits per heavy atom. The lowest BCUT2D eigenvalue weighted by Crippen LogP contribution is -2.78. The van der Waals surface area contributed by atoms with Crippen molar-refractivity contribution in [3.63, 3.8) is 0 Å². The predicted octanol–water partition coefficient (Wildman–Crippen LogP) is 5.63. The first kappa shape index (κ1) is 23.6. The van der Waals surface area contributed by atoms with E-state index in [4.69, 9.17) is 0 Å². The largest absolute Gasteiger partial charge is 0.313 e. The van der Waals surface area contributed by atoms with Crippen LogP contribution in [0.25, 0.3) is 0 Å². The lowest BCUT2D eigenvalue weighted by atomic mass is 9.69. The van der Waals surface area contributed by atoms with Crippen molar-refractivity contribution < 1.29 is 10.1 Å². The van der Waals surface area contributed by atoms with E-state index in [0.29, 0.717) is 6.42 Å². The normalized spacial score (nSPS) is 10.8. The van der Waals surface area contributed by atoms with Crippen molar-refractivity contribution in [2.75, 3.05) is 6.54 Å². The molecule has 2 nitrogen and oxygen atoms in total. The van der Waals surface area contributed by atoms with Crippen molar-refractivity contribution in [3.05, 3.63) is 102 Å². The lowest BCUT2D eigenvalue weighted by Gasteiger charge is -2.34. The average Bonchev–Trinajstić information content (AvgIpc) is 2.82. The molecule has 2 N–H and O–H groups in total. The van der Waals surface area contributed by atoms with Gasteiger partial charge in [0, 0.05) is 11.0 Å². The Balaban J connectivity index is 0.00000155. The van der Waals surface area contributed by atoms with Crippen LogP contribution in [0.2, 0.25) is 0 Å². The van der Waals surface area contributed by atoms with Crippen LogP contribution in [0.1, 0.15) is 50.3 Å². The number of aldehydes is 1. The van der Waals surface area contributed by atoms with Gasteiger partial charge in [0.05, 0.1) is 13.0 Å². The summed E-state index contributed by atoms with van der Waals surface area (Å²) in [5.41, 5.74) is 5.39. The maximum Gasteiger partial charge on any atom is 0.133 e. The molecule has 0 amide bonds. The first-order valence-corrected chi connectivity index (χ1v) is 11.2. The molecule has 158 valence electrons. The maximum atomic E-state index is 10.8. The summed E-state index contributed by atoms with van der Waals surface area (Å²) in [5, 5.41) is 2.23. The van der Waals surface area contributed by atoms with Crippen molar-refractivity contribution in [2.45, 2.75) is 51.9 Å². The molecule has 0 spiro atoms. The van der Waals surface area contributed by atoms with Gasteiger partial charge in [-0.2, -0.15) is 0 Å². The summed E-state index contributed by atoms with van der Waals surface area (Å²) in [6.45, 7) is 7.09. The molecule has 0 saturated heterocycles. The first-order valence-electron chi connectivity index (χ1n) is 11.2. The number of nitrogens with two attached hydrogens (primary N) is 1. The number of carbonyl (C=O) groups is 1. The molecule has 0 radical (unpaired) electrons. The third-order valence-corrected chi connectivity index (χ3v) is 5.63. The monoisotopic (exact) mass is 402 g/mol. The molecule has 0 unspecified atom stereocenters. The standard InChI is InChI=1S/C26H29NO.C2H6/c1-2-26(20-22-12-5-3-6-13-22,21-23-14-7-4-8-15-23)24-16-9-10-17-25(24)27-18-11-19-28;1-2/h3-10,12-17,19,27H,2,11,18,20-21H2,1H3;1-2H3/p+1. The number of benzene rings is 3. The van der Waals surface area contributed by atoms with Gasteiger partial charge < -0.3 is 10.1 Å². The summed E-state index contributed by atoms with van der Waals surface area (Å²) in [5.74, 6) is 0. The van der Waals surface area contributed by atoms with Gasteiger partial charge in [0.15, 0.2) is 0 Å². The molecule has 3 rings (SSSR count). The maximum absolute atomic E-state index is 10.8. The van der Waals surface area contributed by atoms with Gasteiger partial charge in [0.2, 0.25) is 0 Å². The second-order valence-corrected chi connectivity index (χ2v) is 7.49. The Bertz CT molecular complexity index is 817. The number of quaternary nitrogens is 1. The molecule has 0 heterocycles. The van der Waals surface area contributed by atoms with Gasteiger partial charge in [0.1, 0.15) is 12.0 Å². The van der Waals surface area contributed by atoms with E-state index in [9.17, 15) is 4.79 Å². The van der Waals surface area contributed by atoms with Crippen LogP contribution in [0.4, 0.5) is 5.69 Å². The molecule has 0 aromatic heterocycles. The first-order chi connectivity index (χ1) is 14.8. The zero-order valence-corrected chi connectivity index (χ0v) is 18.7. The fraction of sp³-hybridized carbons (Fsp3) is 0.321. The minimum Gasteiger partial charge on any atom is -0.313 e. The van der Waals surface area contributed by atoms with E-state index >= 15 is 0 Å². The van der Waals surface area contributed by atoms with Crippen LogP contribution in [-0.4, -0.2) is 12.8 Å². The summed E-state index contributed by atoms with van der Waals surface area (Å²) in [6, 6.07) is 30.3. The van der Waals surface area contributed by atoms with Crippen LogP contribution in [0.5, 0.6) is 0 Å². The van der Waals surface area contributed by atoms with Crippen LogP contribution in [0, 0.1) is 0 Å². The fourth-order valence-electron chi connectivity index (χ4n) is 4.13. The van der Waals surface area contributed by atoms with E-state index in [1.807, 2.05) is 13.8 Å². The second kappa shape index (κ2) is 12.8. The van der Waals surface area contributed by atoms with Crippen molar-refractivity contribution in [1.82, 2.24) is 0 Å². The van der Waals surface area contributed by atoms with Crippen LogP contribution < -0.4 is 5.32 Å².